The molecule has 2 atom stereocenters. The molecule has 39 heavy (non-hydrogen) atoms. The van der Waals surface area contributed by atoms with Crippen LogP contribution in [0.2, 0.25) is 0 Å². The van der Waals surface area contributed by atoms with Gasteiger partial charge in [0.15, 0.2) is 5.11 Å². The minimum atomic E-state index is -3.38. The van der Waals surface area contributed by atoms with Crippen molar-refractivity contribution < 1.29 is 8.42 Å². The lowest BCUT2D eigenvalue weighted by Gasteiger charge is -2.28. The van der Waals surface area contributed by atoms with E-state index in [1.165, 1.54) is 0 Å². The molecule has 0 amide bonds. The summed E-state index contributed by atoms with van der Waals surface area (Å²) in [5, 5.41) is 4.09. The van der Waals surface area contributed by atoms with Crippen LogP contribution < -0.4 is 19.8 Å². The number of anilines is 3. The summed E-state index contributed by atoms with van der Waals surface area (Å²) < 4.78 is 28.2. The molecule has 202 valence electrons. The number of sulfonamides is 1. The third-order valence-corrected chi connectivity index (χ3v) is 7.88. The zero-order chi connectivity index (χ0) is 27.9. The van der Waals surface area contributed by atoms with E-state index in [0.29, 0.717) is 10.8 Å². The maximum atomic E-state index is 11.7. The average Bonchev–Trinajstić information content (AvgIpc) is 3.39. The molecule has 0 bridgehead atoms. The van der Waals surface area contributed by atoms with Crippen LogP contribution in [0, 0.1) is 13.8 Å². The minimum absolute atomic E-state index is 0.179. The SMILES string of the molecule is Cc1cc([C@H]2[C@H](c3ccccn3)NC(=S)N2c2ccc(NS(C)(=O)=O)cc2)c(C)n1-c1ccc(N(C)C)cc1. The van der Waals surface area contributed by atoms with E-state index in [2.05, 4.69) is 73.6 Å². The van der Waals surface area contributed by atoms with Crippen LogP contribution in [0.25, 0.3) is 5.69 Å². The van der Waals surface area contributed by atoms with Crippen molar-refractivity contribution in [3.8, 4) is 5.69 Å². The van der Waals surface area contributed by atoms with E-state index in [4.69, 9.17) is 12.2 Å². The zero-order valence-electron chi connectivity index (χ0n) is 22.6. The van der Waals surface area contributed by atoms with Gasteiger partial charge in [-0.05, 0) is 98.4 Å². The lowest BCUT2D eigenvalue weighted by atomic mass is 9.96. The van der Waals surface area contributed by atoms with Crippen molar-refractivity contribution in [3.63, 3.8) is 0 Å². The maximum Gasteiger partial charge on any atom is 0.229 e. The smallest absolute Gasteiger partial charge is 0.229 e. The Morgan fingerprint density at radius 2 is 1.64 bits per heavy atom. The molecule has 0 saturated carbocycles. The molecule has 10 heteroatoms. The standard InChI is InChI=1S/C29H32N6O2S2/c1-19-18-25(20(2)34(19)23-15-13-22(14-16-23)33(3)4)28-27(26-8-6-7-17-30-26)31-29(38)35(28)24-11-9-21(10-12-24)32-39(5,36)37/h6-18,27-28,32H,1-5H3,(H,31,38)/t27-,28-/m0/s1. The number of aromatic nitrogens is 2. The molecule has 3 heterocycles. The summed E-state index contributed by atoms with van der Waals surface area (Å²) in [6, 6.07) is 23.5. The molecule has 5 rings (SSSR count). The molecule has 2 N–H and O–H groups in total. The molecule has 1 fully saturated rings. The van der Waals surface area contributed by atoms with Crippen LogP contribution >= 0.6 is 12.2 Å². The molecule has 0 unspecified atom stereocenters. The predicted molar refractivity (Wildman–Crippen MR) is 162 cm³/mol. The van der Waals surface area contributed by atoms with Gasteiger partial charge in [0.05, 0.1) is 24.0 Å². The van der Waals surface area contributed by atoms with E-state index in [9.17, 15) is 8.42 Å². The lowest BCUT2D eigenvalue weighted by Crippen LogP contribution is -2.29. The first-order valence-electron chi connectivity index (χ1n) is 12.6. The number of pyridine rings is 1. The number of rotatable bonds is 7. The van der Waals surface area contributed by atoms with E-state index >= 15 is 0 Å². The highest BCUT2D eigenvalue weighted by molar-refractivity contribution is 7.92. The van der Waals surface area contributed by atoms with Crippen LogP contribution in [0.15, 0.2) is 79.0 Å². The lowest BCUT2D eigenvalue weighted by molar-refractivity contribution is 0.565. The number of thiocarbonyl (C=S) groups is 1. The summed E-state index contributed by atoms with van der Waals surface area (Å²) in [7, 11) is 0.691. The summed E-state index contributed by atoms with van der Waals surface area (Å²) in [5.41, 5.74) is 7.84. The second-order valence-corrected chi connectivity index (χ2v) is 12.1. The quantitative estimate of drug-likeness (QED) is 0.304. The Labute approximate surface area is 235 Å². The maximum absolute atomic E-state index is 11.7. The van der Waals surface area contributed by atoms with Gasteiger partial charge in [-0.15, -0.1) is 0 Å². The molecule has 1 aliphatic rings. The van der Waals surface area contributed by atoms with Crippen molar-refractivity contribution in [1.82, 2.24) is 14.9 Å². The van der Waals surface area contributed by atoms with E-state index in [1.54, 1.807) is 18.3 Å². The van der Waals surface area contributed by atoms with Gasteiger partial charge < -0.3 is 19.7 Å². The Bertz CT molecular complexity index is 1600. The second-order valence-electron chi connectivity index (χ2n) is 9.99. The number of aryl methyl sites for hydroxylation is 1. The molecule has 8 nitrogen and oxygen atoms in total. The van der Waals surface area contributed by atoms with Crippen LogP contribution in [-0.2, 0) is 10.0 Å². The Kier molecular flexibility index (Phi) is 7.09. The summed E-state index contributed by atoms with van der Waals surface area (Å²) in [4.78, 5) is 8.84. The fraction of sp³-hybridized carbons (Fsp3) is 0.241. The number of hydrogen-bond donors (Lipinski definition) is 2. The van der Waals surface area contributed by atoms with Gasteiger partial charge in [-0.2, -0.15) is 0 Å². The van der Waals surface area contributed by atoms with E-state index in [1.807, 2.05) is 44.4 Å². The molecular weight excluding hydrogens is 528 g/mol. The number of nitrogens with zero attached hydrogens (tertiary/aromatic N) is 4. The average molecular weight is 561 g/mol. The normalized spacial score (nSPS) is 17.3. The molecular formula is C29H32N6O2S2. The van der Waals surface area contributed by atoms with Crippen molar-refractivity contribution in [2.24, 2.45) is 0 Å². The summed E-state index contributed by atoms with van der Waals surface area (Å²) >= 11 is 5.88. The van der Waals surface area contributed by atoms with Gasteiger partial charge in [0.1, 0.15) is 0 Å². The van der Waals surface area contributed by atoms with E-state index in [-0.39, 0.29) is 12.1 Å². The Morgan fingerprint density at radius 3 is 2.23 bits per heavy atom. The number of benzene rings is 2. The first kappa shape index (κ1) is 26.7. The van der Waals surface area contributed by atoms with Crippen molar-refractivity contribution in [3.05, 3.63) is 102 Å². The van der Waals surface area contributed by atoms with Gasteiger partial charge in [-0.3, -0.25) is 9.71 Å². The molecule has 0 spiro atoms. The molecule has 1 aliphatic heterocycles. The molecule has 0 aliphatic carbocycles. The van der Waals surface area contributed by atoms with E-state index in [0.717, 1.165) is 46.0 Å². The summed E-state index contributed by atoms with van der Waals surface area (Å²) in [5.74, 6) is 0. The first-order chi connectivity index (χ1) is 18.5. The van der Waals surface area contributed by atoms with Gasteiger partial charge >= 0.3 is 0 Å². The monoisotopic (exact) mass is 560 g/mol. The van der Waals surface area contributed by atoms with Gasteiger partial charge in [0.25, 0.3) is 0 Å². The highest BCUT2D eigenvalue weighted by Gasteiger charge is 2.42. The van der Waals surface area contributed by atoms with Crippen LogP contribution in [0.3, 0.4) is 0 Å². The number of nitrogens with one attached hydrogen (secondary N) is 2. The van der Waals surface area contributed by atoms with Gasteiger partial charge in [-0.1, -0.05) is 6.07 Å². The topological polar surface area (TPSA) is 82.5 Å². The van der Waals surface area contributed by atoms with E-state index < -0.39 is 10.0 Å². The predicted octanol–water partition coefficient (Wildman–Crippen LogP) is 5.10. The number of hydrogen-bond acceptors (Lipinski definition) is 5. The van der Waals surface area contributed by atoms with Crippen molar-refractivity contribution >= 4 is 44.4 Å². The zero-order valence-corrected chi connectivity index (χ0v) is 24.2. The highest BCUT2D eigenvalue weighted by atomic mass is 32.2. The fourth-order valence-electron chi connectivity index (χ4n) is 5.24. The highest BCUT2D eigenvalue weighted by Crippen LogP contribution is 2.44. The second kappa shape index (κ2) is 10.3. The Balaban J connectivity index is 1.60. The van der Waals surface area contributed by atoms with Gasteiger partial charge in [0, 0.05) is 54.4 Å². The third kappa shape index (κ3) is 5.35. The Morgan fingerprint density at radius 1 is 0.974 bits per heavy atom. The van der Waals surface area contributed by atoms with Crippen LogP contribution in [0.4, 0.5) is 17.1 Å². The van der Waals surface area contributed by atoms with Crippen LogP contribution in [0.5, 0.6) is 0 Å². The largest absolute Gasteiger partial charge is 0.378 e. The molecule has 2 aromatic carbocycles. The van der Waals surface area contributed by atoms with Crippen molar-refractivity contribution in [1.29, 1.82) is 0 Å². The summed E-state index contributed by atoms with van der Waals surface area (Å²) in [6.45, 7) is 4.25. The van der Waals surface area contributed by atoms with Crippen molar-refractivity contribution in [2.75, 3.05) is 34.9 Å². The van der Waals surface area contributed by atoms with Crippen LogP contribution in [-0.4, -0.2) is 43.4 Å². The Hall–Kier alpha value is -3.89. The molecule has 2 aromatic heterocycles. The molecule has 1 saturated heterocycles. The third-order valence-electron chi connectivity index (χ3n) is 6.96. The van der Waals surface area contributed by atoms with Crippen LogP contribution in [0.1, 0.15) is 34.7 Å². The summed E-state index contributed by atoms with van der Waals surface area (Å²) in [6.07, 6.45) is 2.93. The van der Waals surface area contributed by atoms with Gasteiger partial charge in [0.2, 0.25) is 10.0 Å². The van der Waals surface area contributed by atoms with Gasteiger partial charge in [-0.25, -0.2) is 8.42 Å². The minimum Gasteiger partial charge on any atom is -0.378 e. The molecule has 4 aromatic rings. The van der Waals surface area contributed by atoms with Crippen molar-refractivity contribution in [2.45, 2.75) is 25.9 Å². The molecule has 0 radical (unpaired) electrons. The first-order valence-corrected chi connectivity index (χ1v) is 14.9. The fourth-order valence-corrected chi connectivity index (χ4v) is 6.15.